The molecule has 1 N–H and O–H groups in total. The van der Waals surface area contributed by atoms with E-state index in [9.17, 15) is 4.79 Å². The molecule has 1 unspecified atom stereocenters. The van der Waals surface area contributed by atoms with Gasteiger partial charge in [-0.25, -0.2) is 0 Å². The van der Waals surface area contributed by atoms with Crippen LogP contribution in [0.4, 0.5) is 0 Å². The lowest BCUT2D eigenvalue weighted by molar-refractivity contribution is -0.130. The van der Waals surface area contributed by atoms with Gasteiger partial charge in [-0.2, -0.15) is 4.98 Å². The van der Waals surface area contributed by atoms with Crippen LogP contribution in [-0.4, -0.2) is 47.6 Å². The molecule has 1 aliphatic rings. The van der Waals surface area contributed by atoms with Crippen LogP contribution in [0.25, 0.3) is 11.4 Å². The van der Waals surface area contributed by atoms with Gasteiger partial charge < -0.3 is 14.7 Å². The van der Waals surface area contributed by atoms with Crippen LogP contribution >= 0.6 is 24.0 Å². The monoisotopic (exact) mass is 384 g/mol. The molecule has 0 aliphatic carbocycles. The summed E-state index contributed by atoms with van der Waals surface area (Å²) >= 11 is 5.87. The van der Waals surface area contributed by atoms with Crippen LogP contribution in [0, 0.1) is 5.92 Å². The smallest absolute Gasteiger partial charge is 0.227 e. The van der Waals surface area contributed by atoms with Crippen molar-refractivity contribution in [2.45, 2.75) is 19.3 Å². The molecule has 1 aromatic carbocycles. The molecule has 1 aromatic heterocycles. The first-order valence-electron chi connectivity index (χ1n) is 8.16. The third kappa shape index (κ3) is 5.17. The minimum absolute atomic E-state index is 0. The van der Waals surface area contributed by atoms with Crippen molar-refractivity contribution < 1.29 is 9.32 Å². The van der Waals surface area contributed by atoms with Gasteiger partial charge in [-0.05, 0) is 50.2 Å². The van der Waals surface area contributed by atoms with E-state index in [2.05, 4.69) is 15.5 Å². The first kappa shape index (κ1) is 19.7. The summed E-state index contributed by atoms with van der Waals surface area (Å²) in [5, 5.41) is 7.80. The molecular formula is C17H22Cl2N4O2. The van der Waals surface area contributed by atoms with Crippen LogP contribution in [0.2, 0.25) is 5.02 Å². The van der Waals surface area contributed by atoms with Crippen molar-refractivity contribution in [2.24, 2.45) is 5.92 Å². The van der Waals surface area contributed by atoms with Crippen molar-refractivity contribution in [3.8, 4) is 11.4 Å². The summed E-state index contributed by atoms with van der Waals surface area (Å²) in [6.45, 7) is 2.63. The van der Waals surface area contributed by atoms with E-state index in [1.807, 2.05) is 24.1 Å². The van der Waals surface area contributed by atoms with Crippen LogP contribution in [-0.2, 0) is 11.2 Å². The fourth-order valence-corrected chi connectivity index (χ4v) is 3.09. The first-order valence-corrected chi connectivity index (χ1v) is 8.54. The normalized spacial score (nSPS) is 16.7. The van der Waals surface area contributed by atoms with Crippen molar-refractivity contribution in [3.63, 3.8) is 0 Å². The number of likely N-dealkylation sites (tertiary alicyclic amines) is 1. The van der Waals surface area contributed by atoms with Gasteiger partial charge in [0.25, 0.3) is 0 Å². The number of nitrogens with zero attached hydrogens (tertiary/aromatic N) is 3. The Kier molecular flexibility index (Phi) is 7.23. The molecule has 0 bridgehead atoms. The van der Waals surface area contributed by atoms with Crippen LogP contribution in [0.5, 0.6) is 0 Å². The summed E-state index contributed by atoms with van der Waals surface area (Å²) in [5.74, 6) is 1.71. The average molecular weight is 385 g/mol. The highest BCUT2D eigenvalue weighted by molar-refractivity contribution is 6.30. The third-order valence-electron chi connectivity index (χ3n) is 4.25. The molecule has 25 heavy (non-hydrogen) atoms. The quantitative estimate of drug-likeness (QED) is 0.828. The molecule has 2 heterocycles. The molecule has 1 saturated heterocycles. The summed E-state index contributed by atoms with van der Waals surface area (Å²) in [5.41, 5.74) is 0.843. The Bertz CT molecular complexity index is 690. The molecule has 8 heteroatoms. The molecule has 136 valence electrons. The summed E-state index contributed by atoms with van der Waals surface area (Å²) in [7, 11) is 1.94. The minimum atomic E-state index is 0. The third-order valence-corrected chi connectivity index (χ3v) is 4.51. The zero-order valence-corrected chi connectivity index (χ0v) is 15.6. The van der Waals surface area contributed by atoms with Crippen LogP contribution in [0.15, 0.2) is 28.8 Å². The molecule has 2 aromatic rings. The molecule has 3 rings (SSSR count). The fraction of sp³-hybridized carbons (Fsp3) is 0.471. The molecule has 0 saturated carbocycles. The second kappa shape index (κ2) is 9.17. The van der Waals surface area contributed by atoms with E-state index >= 15 is 0 Å². The van der Waals surface area contributed by atoms with Gasteiger partial charge in [0.2, 0.25) is 17.6 Å². The van der Waals surface area contributed by atoms with Crippen molar-refractivity contribution >= 4 is 29.9 Å². The van der Waals surface area contributed by atoms with Crippen molar-refractivity contribution in [2.75, 3.05) is 26.7 Å². The standard InChI is InChI=1S/C17H21ClN4O2.ClH/c1-19-10-12-8-9-22(11-12)16(23)7-6-15-20-17(21-24-15)13-2-4-14(18)5-3-13;/h2-5,12,19H,6-11H2,1H3;1H. The molecule has 1 amide bonds. The number of benzene rings is 1. The Hall–Kier alpha value is -1.63. The van der Waals surface area contributed by atoms with Gasteiger partial charge in [-0.15, -0.1) is 12.4 Å². The number of aromatic nitrogens is 2. The van der Waals surface area contributed by atoms with E-state index in [0.717, 1.165) is 31.6 Å². The predicted molar refractivity (Wildman–Crippen MR) is 98.9 cm³/mol. The Morgan fingerprint density at radius 1 is 1.40 bits per heavy atom. The highest BCUT2D eigenvalue weighted by Crippen LogP contribution is 2.20. The van der Waals surface area contributed by atoms with Crippen LogP contribution in [0.1, 0.15) is 18.7 Å². The highest BCUT2D eigenvalue weighted by Gasteiger charge is 2.25. The maximum atomic E-state index is 12.3. The fourth-order valence-electron chi connectivity index (χ4n) is 2.96. The lowest BCUT2D eigenvalue weighted by atomic mass is 10.1. The van der Waals surface area contributed by atoms with Crippen molar-refractivity contribution in [1.82, 2.24) is 20.4 Å². The van der Waals surface area contributed by atoms with E-state index < -0.39 is 0 Å². The summed E-state index contributed by atoms with van der Waals surface area (Å²) in [4.78, 5) is 18.6. The minimum Gasteiger partial charge on any atom is -0.342 e. The summed E-state index contributed by atoms with van der Waals surface area (Å²) in [6.07, 6.45) is 1.93. The number of hydrogen-bond donors (Lipinski definition) is 1. The van der Waals surface area contributed by atoms with Gasteiger partial charge in [0.05, 0.1) is 0 Å². The van der Waals surface area contributed by atoms with Gasteiger partial charge in [0.15, 0.2) is 0 Å². The largest absolute Gasteiger partial charge is 0.342 e. The number of hydrogen-bond acceptors (Lipinski definition) is 5. The predicted octanol–water partition coefficient (Wildman–Crippen LogP) is 2.81. The van der Waals surface area contributed by atoms with Gasteiger partial charge in [-0.1, -0.05) is 16.8 Å². The lowest BCUT2D eigenvalue weighted by Crippen LogP contribution is -2.30. The number of rotatable bonds is 6. The number of nitrogens with one attached hydrogen (secondary N) is 1. The molecule has 1 atom stereocenters. The van der Waals surface area contributed by atoms with Gasteiger partial charge >= 0.3 is 0 Å². The second-order valence-corrected chi connectivity index (χ2v) is 6.51. The van der Waals surface area contributed by atoms with Crippen molar-refractivity contribution in [3.05, 3.63) is 35.2 Å². The molecule has 0 radical (unpaired) electrons. The van der Waals surface area contributed by atoms with Gasteiger partial charge in [0, 0.05) is 36.5 Å². The Balaban J connectivity index is 0.00000225. The van der Waals surface area contributed by atoms with Crippen LogP contribution < -0.4 is 5.32 Å². The maximum absolute atomic E-state index is 12.3. The first-order chi connectivity index (χ1) is 11.7. The van der Waals surface area contributed by atoms with E-state index in [0.29, 0.717) is 35.5 Å². The zero-order chi connectivity index (χ0) is 16.9. The number of carbonyl (C=O) groups excluding carboxylic acids is 1. The zero-order valence-electron chi connectivity index (χ0n) is 14.1. The van der Waals surface area contributed by atoms with E-state index in [1.54, 1.807) is 12.1 Å². The molecule has 0 spiro atoms. The topological polar surface area (TPSA) is 71.3 Å². The summed E-state index contributed by atoms with van der Waals surface area (Å²) < 4.78 is 5.25. The van der Waals surface area contributed by atoms with Gasteiger partial charge in [0.1, 0.15) is 0 Å². The van der Waals surface area contributed by atoms with E-state index in [4.69, 9.17) is 16.1 Å². The summed E-state index contributed by atoms with van der Waals surface area (Å²) in [6, 6.07) is 7.25. The van der Waals surface area contributed by atoms with Crippen LogP contribution in [0.3, 0.4) is 0 Å². The van der Waals surface area contributed by atoms with E-state index in [-0.39, 0.29) is 18.3 Å². The number of amides is 1. The van der Waals surface area contributed by atoms with Crippen molar-refractivity contribution in [1.29, 1.82) is 0 Å². The Labute approximate surface area is 158 Å². The number of aryl methyl sites for hydroxylation is 1. The highest BCUT2D eigenvalue weighted by atomic mass is 35.5. The SMILES string of the molecule is CNCC1CCN(C(=O)CCc2nc(-c3ccc(Cl)cc3)no2)C1.Cl. The molecule has 1 aliphatic heterocycles. The number of carbonyl (C=O) groups is 1. The molecular weight excluding hydrogens is 363 g/mol. The lowest BCUT2D eigenvalue weighted by Gasteiger charge is -2.15. The Morgan fingerprint density at radius 3 is 2.88 bits per heavy atom. The molecule has 1 fully saturated rings. The maximum Gasteiger partial charge on any atom is 0.227 e. The Morgan fingerprint density at radius 2 is 2.16 bits per heavy atom. The average Bonchev–Trinajstić information content (AvgIpc) is 3.23. The number of halogens is 2. The second-order valence-electron chi connectivity index (χ2n) is 6.07. The van der Waals surface area contributed by atoms with Gasteiger partial charge in [-0.3, -0.25) is 4.79 Å². The molecule has 6 nitrogen and oxygen atoms in total. The van der Waals surface area contributed by atoms with E-state index in [1.165, 1.54) is 0 Å².